The molecule has 11 heteroatoms. The van der Waals surface area contributed by atoms with Crippen LogP contribution in [0.3, 0.4) is 0 Å². The number of pyridine rings is 1. The van der Waals surface area contributed by atoms with Gasteiger partial charge >= 0.3 is 5.97 Å². The standard InChI is InChI=1S/C13H9Cl2FN4O3S/c1-2-23-13(22)7(4-17-9-5-24-20-19-9)10(21)6-3-8(16)12(15)18-11(6)14/h3-5,21H,2H2,1H3. The van der Waals surface area contributed by atoms with Crippen LogP contribution in [-0.2, 0) is 9.53 Å². The molecule has 7 nitrogen and oxygen atoms in total. The van der Waals surface area contributed by atoms with Gasteiger partial charge < -0.3 is 9.84 Å². The maximum absolute atomic E-state index is 13.6. The Kier molecular flexibility index (Phi) is 6.18. The van der Waals surface area contributed by atoms with E-state index < -0.39 is 22.7 Å². The molecule has 0 amide bonds. The van der Waals surface area contributed by atoms with Crippen molar-refractivity contribution in [3.8, 4) is 0 Å². The maximum Gasteiger partial charge on any atom is 0.343 e. The lowest BCUT2D eigenvalue weighted by Crippen LogP contribution is -2.11. The molecule has 0 spiro atoms. The second kappa shape index (κ2) is 8.13. The number of esters is 1. The summed E-state index contributed by atoms with van der Waals surface area (Å²) in [5.41, 5.74) is -0.584. The Bertz CT molecular complexity index is 812. The summed E-state index contributed by atoms with van der Waals surface area (Å²) in [5, 5.41) is 14.8. The Balaban J connectivity index is 2.53. The van der Waals surface area contributed by atoms with Crippen LogP contribution in [0.4, 0.5) is 10.2 Å². The number of carbonyl (C=O) groups excluding carboxylic acids is 1. The fourth-order valence-electron chi connectivity index (χ4n) is 1.52. The molecule has 0 bridgehead atoms. The van der Waals surface area contributed by atoms with E-state index in [-0.39, 0.29) is 28.7 Å². The van der Waals surface area contributed by atoms with E-state index in [0.717, 1.165) is 23.8 Å². The van der Waals surface area contributed by atoms with Gasteiger partial charge in [-0.2, -0.15) is 0 Å². The third kappa shape index (κ3) is 4.25. The molecular formula is C13H9Cl2FN4O3S. The van der Waals surface area contributed by atoms with Crippen molar-refractivity contribution in [1.82, 2.24) is 14.6 Å². The van der Waals surface area contributed by atoms with E-state index >= 15 is 0 Å². The summed E-state index contributed by atoms with van der Waals surface area (Å²) in [7, 11) is 0. The molecule has 0 saturated carbocycles. The van der Waals surface area contributed by atoms with Gasteiger partial charge in [0, 0.05) is 6.21 Å². The fourth-order valence-corrected chi connectivity index (χ4v) is 2.31. The van der Waals surface area contributed by atoms with E-state index in [9.17, 15) is 14.3 Å². The first-order valence-corrected chi connectivity index (χ1v) is 7.96. The van der Waals surface area contributed by atoms with Gasteiger partial charge in [0.05, 0.1) is 17.6 Å². The van der Waals surface area contributed by atoms with Crippen molar-refractivity contribution in [1.29, 1.82) is 0 Å². The van der Waals surface area contributed by atoms with Gasteiger partial charge in [-0.25, -0.2) is 19.2 Å². The van der Waals surface area contributed by atoms with Gasteiger partial charge in [-0.1, -0.05) is 27.7 Å². The summed E-state index contributed by atoms with van der Waals surface area (Å²) < 4.78 is 22.0. The minimum Gasteiger partial charge on any atom is -0.506 e. The van der Waals surface area contributed by atoms with Crippen LogP contribution < -0.4 is 0 Å². The minimum absolute atomic E-state index is 0.0582. The zero-order chi connectivity index (χ0) is 17.7. The first kappa shape index (κ1) is 18.2. The van der Waals surface area contributed by atoms with Crippen molar-refractivity contribution in [2.75, 3.05) is 6.61 Å². The number of nitrogens with zero attached hydrogens (tertiary/aromatic N) is 4. The number of aliphatic imine (C=N–C) groups is 1. The lowest BCUT2D eigenvalue weighted by Gasteiger charge is -2.08. The summed E-state index contributed by atoms with van der Waals surface area (Å²) in [6.07, 6.45) is 1.02. The highest BCUT2D eigenvalue weighted by Gasteiger charge is 2.20. The molecular weight excluding hydrogens is 382 g/mol. The Morgan fingerprint density at radius 2 is 2.25 bits per heavy atom. The SMILES string of the molecule is CCOC(=O)C(C=Nc1csnn1)=C(O)c1cc(F)c(Cl)nc1Cl. The monoisotopic (exact) mass is 390 g/mol. The Hall–Kier alpha value is -2.10. The van der Waals surface area contributed by atoms with Crippen LogP contribution in [0.25, 0.3) is 5.76 Å². The predicted molar refractivity (Wildman–Crippen MR) is 88.5 cm³/mol. The summed E-state index contributed by atoms with van der Waals surface area (Å²) in [5.74, 6) is -2.23. The number of carbonyl (C=O) groups is 1. The number of ether oxygens (including phenoxy) is 1. The maximum atomic E-state index is 13.6. The molecule has 126 valence electrons. The van der Waals surface area contributed by atoms with Crippen LogP contribution in [0.5, 0.6) is 0 Å². The summed E-state index contributed by atoms with van der Waals surface area (Å²) in [4.78, 5) is 19.5. The molecule has 0 aliphatic rings. The highest BCUT2D eigenvalue weighted by molar-refractivity contribution is 7.03. The van der Waals surface area contributed by atoms with Crippen LogP contribution in [0.15, 0.2) is 22.0 Å². The van der Waals surface area contributed by atoms with E-state index in [1.54, 1.807) is 6.92 Å². The third-order valence-electron chi connectivity index (χ3n) is 2.57. The predicted octanol–water partition coefficient (Wildman–Crippen LogP) is 3.61. The molecule has 2 rings (SSSR count). The highest BCUT2D eigenvalue weighted by Crippen LogP contribution is 2.27. The molecule has 0 aliphatic carbocycles. The second-order valence-electron chi connectivity index (χ2n) is 4.10. The van der Waals surface area contributed by atoms with E-state index in [1.807, 2.05) is 0 Å². The van der Waals surface area contributed by atoms with Gasteiger partial charge in [-0.05, 0) is 24.5 Å². The lowest BCUT2D eigenvalue weighted by molar-refractivity contribution is -0.137. The average Bonchev–Trinajstić information content (AvgIpc) is 3.04. The number of halogens is 3. The zero-order valence-electron chi connectivity index (χ0n) is 12.0. The summed E-state index contributed by atoms with van der Waals surface area (Å²) in [6, 6.07) is 0.852. The molecule has 1 N–H and O–H groups in total. The largest absolute Gasteiger partial charge is 0.506 e. The smallest absolute Gasteiger partial charge is 0.343 e. The molecule has 2 heterocycles. The molecule has 0 radical (unpaired) electrons. The molecule has 2 aromatic heterocycles. The van der Waals surface area contributed by atoms with Gasteiger partial charge in [0.15, 0.2) is 16.8 Å². The average molecular weight is 391 g/mol. The van der Waals surface area contributed by atoms with Crippen molar-refractivity contribution in [3.63, 3.8) is 0 Å². The number of hydrogen-bond donors (Lipinski definition) is 1. The first-order chi connectivity index (χ1) is 11.4. The number of rotatable bonds is 5. The van der Waals surface area contributed by atoms with E-state index in [4.69, 9.17) is 27.9 Å². The summed E-state index contributed by atoms with van der Waals surface area (Å²) >= 11 is 12.4. The highest BCUT2D eigenvalue weighted by atomic mass is 35.5. The quantitative estimate of drug-likeness (QED) is 0.275. The Morgan fingerprint density at radius 3 is 2.88 bits per heavy atom. The second-order valence-corrected chi connectivity index (χ2v) is 5.43. The van der Waals surface area contributed by atoms with Crippen molar-refractivity contribution < 1.29 is 19.0 Å². The van der Waals surface area contributed by atoms with Gasteiger partial charge in [0.2, 0.25) is 0 Å². The third-order valence-corrected chi connectivity index (χ3v) is 3.61. The number of aliphatic hydroxyl groups excluding tert-OH is 1. The van der Waals surface area contributed by atoms with Gasteiger partial charge in [-0.15, -0.1) is 5.10 Å². The van der Waals surface area contributed by atoms with Crippen LogP contribution >= 0.6 is 34.7 Å². The van der Waals surface area contributed by atoms with Crippen molar-refractivity contribution in [2.45, 2.75) is 6.92 Å². The molecule has 24 heavy (non-hydrogen) atoms. The molecule has 0 aromatic carbocycles. The van der Waals surface area contributed by atoms with Gasteiger partial charge in [-0.3, -0.25) is 0 Å². The van der Waals surface area contributed by atoms with Crippen molar-refractivity contribution >= 4 is 58.5 Å². The van der Waals surface area contributed by atoms with Gasteiger partial charge in [0.1, 0.15) is 16.5 Å². The van der Waals surface area contributed by atoms with E-state index in [1.165, 1.54) is 5.38 Å². The van der Waals surface area contributed by atoms with Gasteiger partial charge in [0.25, 0.3) is 0 Å². The molecule has 0 unspecified atom stereocenters. The molecule has 0 fully saturated rings. The molecule has 2 aromatic rings. The Labute approximate surface area is 149 Å². The Morgan fingerprint density at radius 1 is 1.50 bits per heavy atom. The fraction of sp³-hybridized carbons (Fsp3) is 0.154. The molecule has 0 atom stereocenters. The minimum atomic E-state index is -0.911. The number of aromatic nitrogens is 3. The van der Waals surface area contributed by atoms with E-state index in [2.05, 4.69) is 19.6 Å². The summed E-state index contributed by atoms with van der Waals surface area (Å²) in [6.45, 7) is 1.65. The number of aliphatic hydroxyl groups is 1. The van der Waals surface area contributed by atoms with Crippen LogP contribution in [-0.4, -0.2) is 38.5 Å². The van der Waals surface area contributed by atoms with Crippen molar-refractivity contribution in [3.05, 3.63) is 38.7 Å². The van der Waals surface area contributed by atoms with Crippen LogP contribution in [0.2, 0.25) is 10.3 Å². The lowest BCUT2D eigenvalue weighted by atomic mass is 10.1. The topological polar surface area (TPSA) is 97.6 Å². The number of hydrogen-bond acceptors (Lipinski definition) is 8. The van der Waals surface area contributed by atoms with E-state index in [0.29, 0.717) is 0 Å². The van der Waals surface area contributed by atoms with Crippen molar-refractivity contribution in [2.24, 2.45) is 4.99 Å². The molecule has 0 saturated heterocycles. The van der Waals surface area contributed by atoms with Crippen LogP contribution in [0.1, 0.15) is 12.5 Å². The zero-order valence-corrected chi connectivity index (χ0v) is 14.4. The van der Waals surface area contributed by atoms with Crippen LogP contribution in [0, 0.1) is 5.82 Å². The normalized spacial score (nSPS) is 12.3. The molecule has 0 aliphatic heterocycles. The first-order valence-electron chi connectivity index (χ1n) is 6.37.